The molecule has 4 aliphatic rings. The number of hydrogen-bond acceptors (Lipinski definition) is 19. The van der Waals surface area contributed by atoms with E-state index in [1.165, 1.54) is 54.9 Å². The van der Waals surface area contributed by atoms with Gasteiger partial charge in [0.05, 0.1) is 42.9 Å². The fourth-order valence-corrected chi connectivity index (χ4v) is 10.4. The molecule has 2 saturated heterocycles. The maximum atomic E-state index is 13.9. The predicted octanol–water partition coefficient (Wildman–Crippen LogP) is 3.03. The topological polar surface area (TPSA) is 382 Å². The zero-order chi connectivity index (χ0) is 66.6. The number of carbonyl (C=O) groups excluding carboxylic acids is 11. The molecule has 0 bridgehead atoms. The van der Waals surface area contributed by atoms with E-state index in [0.29, 0.717) is 43.2 Å². The lowest BCUT2D eigenvalue weighted by atomic mass is 9.88. The molecule has 0 radical (unpaired) electrons. The third-order valence-electron chi connectivity index (χ3n) is 16.1. The van der Waals surface area contributed by atoms with Gasteiger partial charge in [-0.05, 0) is 96.1 Å². The van der Waals surface area contributed by atoms with Crippen molar-refractivity contribution in [2.75, 3.05) is 38.0 Å². The van der Waals surface area contributed by atoms with Gasteiger partial charge in [-0.1, -0.05) is 63.6 Å². The summed E-state index contributed by atoms with van der Waals surface area (Å²) < 4.78 is 29.2. The molecule has 0 saturated carbocycles. The number of amides is 9. The number of aliphatic hydroxyl groups is 3. The fourth-order valence-electron chi connectivity index (χ4n) is 10.4. The van der Waals surface area contributed by atoms with Crippen LogP contribution in [-0.2, 0) is 73.4 Å². The van der Waals surface area contributed by atoms with Gasteiger partial charge in [0.15, 0.2) is 11.7 Å². The van der Waals surface area contributed by atoms with Gasteiger partial charge in [0.1, 0.15) is 30.8 Å². The Hall–Kier alpha value is -8.01. The Morgan fingerprint density at radius 3 is 2.11 bits per heavy atom. The van der Waals surface area contributed by atoms with E-state index >= 15 is 0 Å². The van der Waals surface area contributed by atoms with Crippen molar-refractivity contribution in [2.45, 2.75) is 199 Å². The number of piperazine rings is 1. The Kier molecular flexibility index (Phi) is 27.2. The number of ether oxygens (including phenoxy) is 5. The molecule has 1 aromatic rings. The van der Waals surface area contributed by atoms with E-state index < -0.39 is 120 Å². The number of anilines is 1. The van der Waals surface area contributed by atoms with Crippen LogP contribution in [0.4, 0.5) is 15.3 Å². The number of aliphatic hydroxyl groups excluding tert-OH is 2. The summed E-state index contributed by atoms with van der Waals surface area (Å²) in [6.07, 6.45) is 6.43. The number of nitrogens with two attached hydrogens (primary N) is 1. The van der Waals surface area contributed by atoms with Gasteiger partial charge in [0.25, 0.3) is 11.8 Å². The number of benzene rings is 1. The summed E-state index contributed by atoms with van der Waals surface area (Å²) in [6.45, 7) is 14.8. The van der Waals surface area contributed by atoms with Crippen molar-refractivity contribution >= 4 is 71.2 Å². The summed E-state index contributed by atoms with van der Waals surface area (Å²) in [4.78, 5) is 144. The van der Waals surface area contributed by atoms with Crippen molar-refractivity contribution in [1.82, 2.24) is 30.7 Å². The number of carbonyl (C=O) groups is 11. The molecule has 0 aromatic heterocycles. The first kappa shape index (κ1) is 72.7. The second kappa shape index (κ2) is 33.7. The highest BCUT2D eigenvalue weighted by Crippen LogP contribution is 2.38. The van der Waals surface area contributed by atoms with Gasteiger partial charge < -0.3 is 75.8 Å². The molecule has 27 heteroatoms. The monoisotopic (exact) mass is 1260 g/mol. The molecule has 4 aliphatic heterocycles. The summed E-state index contributed by atoms with van der Waals surface area (Å²) >= 11 is 0. The molecular weight excluding hydrogens is 1170 g/mol. The molecule has 496 valence electrons. The van der Waals surface area contributed by atoms with E-state index in [9.17, 15) is 68.1 Å². The number of nitrogens with one attached hydrogen (secondary N) is 4. The number of hydrogen-bond donors (Lipinski definition) is 8. The first-order valence-corrected chi connectivity index (χ1v) is 30.5. The average Bonchev–Trinajstić information content (AvgIpc) is 1.70. The number of primary amides is 1. The Bertz CT molecular complexity index is 2850. The van der Waals surface area contributed by atoms with Crippen molar-refractivity contribution in [3.8, 4) is 0 Å². The standard InChI is InChI=1S/C63H90N8O19/c1-10-47(74)39(4)56-48(88-56)35-62(8,85)26-14-15-37(2)55-38(3)17-22-49(87-42(7)72)63(9,27-25-45(73)33-54(79)89-55)90-61(84)70-31-29-69(30-32-70)60(83)86-36-43-18-20-44(21-19-43)67-59(82)46(34-50(64)75)68-58(81)41(6)66-57(80)40(5)65-51(76)16-12-11-13-28-71-52(77)23-24-53(71)78/h14-15,17-24,26,38-41,45-49,55-56,73-74,85H,10-13,16,25,27-36H2,1-9H3,(H2,64,75)(H,65,76)(H,66,80)(H,67,82)(H,68,81)/b22-17+,26-14+,37-15+/t38-,39+,40-,41-,45+,46-,47-,48+,49-,55+,56+,62-,63+/m0/s1. The minimum absolute atomic E-state index is 0.0361. The minimum atomic E-state index is -1.56. The maximum Gasteiger partial charge on any atom is 0.410 e. The van der Waals surface area contributed by atoms with Crippen LogP contribution in [0.2, 0.25) is 0 Å². The zero-order valence-corrected chi connectivity index (χ0v) is 52.8. The molecular formula is C63H90N8O19. The Balaban J connectivity index is 1.09. The Morgan fingerprint density at radius 1 is 0.867 bits per heavy atom. The lowest BCUT2D eigenvalue weighted by molar-refractivity contribution is -0.158. The maximum absolute atomic E-state index is 13.9. The van der Waals surface area contributed by atoms with Crippen LogP contribution >= 0.6 is 0 Å². The highest BCUT2D eigenvalue weighted by molar-refractivity contribution is 6.12. The molecule has 9 amide bonds. The molecule has 1 aromatic carbocycles. The van der Waals surface area contributed by atoms with Crippen LogP contribution in [-0.4, -0.2) is 194 Å². The van der Waals surface area contributed by atoms with Crippen molar-refractivity contribution in [2.24, 2.45) is 17.6 Å². The summed E-state index contributed by atoms with van der Waals surface area (Å²) in [7, 11) is 0. The summed E-state index contributed by atoms with van der Waals surface area (Å²) in [6, 6.07) is 2.42. The number of allylic oxidation sites excluding steroid dienone is 2. The second-order valence-corrected chi connectivity index (χ2v) is 24.0. The van der Waals surface area contributed by atoms with Gasteiger partial charge in [0.2, 0.25) is 29.5 Å². The Morgan fingerprint density at radius 2 is 1.49 bits per heavy atom. The van der Waals surface area contributed by atoms with Crippen LogP contribution < -0.4 is 27.0 Å². The normalized spacial score (nSPS) is 25.0. The summed E-state index contributed by atoms with van der Waals surface area (Å²) in [5, 5.41) is 42.5. The first-order chi connectivity index (χ1) is 42.4. The lowest BCUT2D eigenvalue weighted by Crippen LogP contribution is -2.55. The van der Waals surface area contributed by atoms with Crippen molar-refractivity contribution < 1.29 is 91.7 Å². The van der Waals surface area contributed by atoms with Gasteiger partial charge >= 0.3 is 24.1 Å². The molecule has 2 fully saturated rings. The number of epoxide rings is 1. The van der Waals surface area contributed by atoms with Gasteiger partial charge in [-0.3, -0.25) is 48.1 Å². The molecule has 27 nitrogen and oxygen atoms in total. The van der Waals surface area contributed by atoms with Gasteiger partial charge in [-0.2, -0.15) is 0 Å². The van der Waals surface area contributed by atoms with E-state index in [0.717, 1.165) is 4.90 Å². The van der Waals surface area contributed by atoms with E-state index in [1.807, 2.05) is 13.8 Å². The average molecular weight is 1260 g/mol. The van der Waals surface area contributed by atoms with Crippen LogP contribution in [0.25, 0.3) is 0 Å². The zero-order valence-electron chi connectivity index (χ0n) is 52.8. The molecule has 5 rings (SSSR count). The van der Waals surface area contributed by atoms with Crippen molar-refractivity contribution in [3.05, 3.63) is 77.9 Å². The van der Waals surface area contributed by atoms with Crippen LogP contribution in [0.15, 0.2) is 72.4 Å². The van der Waals surface area contributed by atoms with Gasteiger partial charge in [-0.25, -0.2) is 9.59 Å². The molecule has 0 spiro atoms. The van der Waals surface area contributed by atoms with Gasteiger partial charge in [-0.15, -0.1) is 0 Å². The Labute approximate surface area is 524 Å². The first-order valence-electron chi connectivity index (χ1n) is 30.5. The number of rotatable bonds is 27. The fraction of sp³-hybridized carbons (Fsp3) is 0.603. The summed E-state index contributed by atoms with van der Waals surface area (Å²) in [5.41, 5.74) is 3.96. The van der Waals surface area contributed by atoms with Crippen LogP contribution in [0, 0.1) is 11.8 Å². The van der Waals surface area contributed by atoms with Crippen molar-refractivity contribution in [3.63, 3.8) is 0 Å². The largest absolute Gasteiger partial charge is 0.457 e. The van der Waals surface area contributed by atoms with E-state index in [1.54, 1.807) is 70.2 Å². The molecule has 9 N–H and O–H groups in total. The third-order valence-corrected chi connectivity index (χ3v) is 16.1. The highest BCUT2D eigenvalue weighted by atomic mass is 16.6. The third kappa shape index (κ3) is 22.8. The van der Waals surface area contributed by atoms with E-state index in [-0.39, 0.29) is 101 Å². The van der Waals surface area contributed by atoms with Crippen LogP contribution in [0.1, 0.15) is 132 Å². The number of unbranched alkanes of at least 4 members (excludes halogenated alkanes) is 2. The van der Waals surface area contributed by atoms with Crippen LogP contribution in [0.5, 0.6) is 0 Å². The molecule has 90 heavy (non-hydrogen) atoms. The number of esters is 2. The van der Waals surface area contributed by atoms with Crippen molar-refractivity contribution in [1.29, 1.82) is 0 Å². The quantitative estimate of drug-likeness (QED) is 0.0119. The van der Waals surface area contributed by atoms with E-state index in [2.05, 4.69) is 21.3 Å². The summed E-state index contributed by atoms with van der Waals surface area (Å²) in [5.74, 6) is -6.40. The van der Waals surface area contributed by atoms with E-state index in [4.69, 9.17) is 29.4 Å². The second-order valence-electron chi connectivity index (χ2n) is 24.0. The molecule has 13 atom stereocenters. The molecule has 0 aliphatic carbocycles. The molecule has 0 unspecified atom stereocenters. The lowest BCUT2D eigenvalue weighted by Gasteiger charge is -2.39. The SMILES string of the molecule is CC[C@H](O)[C@@H](C)[C@H]1O[C@@H]1C[C@@](C)(O)/C=C/C=C(\C)[C@H]1OC(=O)C[C@H](O)CC[C@@](C)(OC(=O)N2CCN(C(=O)OCc3ccc(NC(=O)[C@H](CC(N)=O)NC(=O)[C@H](C)NC(=O)[C@H](C)NC(=O)CCCCCN4C(=O)C=CC4=O)cc3)CC2)[C@@H](OC(C)=O)/C=C/[C@@H]1C. The number of cyclic esters (lactones) is 1. The smallest absolute Gasteiger partial charge is 0.410 e. The number of nitrogens with zero attached hydrogens (tertiary/aromatic N) is 3. The molecule has 4 heterocycles. The highest BCUT2D eigenvalue weighted by Gasteiger charge is 2.47. The predicted molar refractivity (Wildman–Crippen MR) is 324 cm³/mol. The number of imide groups is 1. The minimum Gasteiger partial charge on any atom is -0.457 e. The van der Waals surface area contributed by atoms with Gasteiger partial charge in [0, 0.05) is 82.2 Å². The van der Waals surface area contributed by atoms with Crippen LogP contribution in [0.3, 0.4) is 0 Å².